The van der Waals surface area contributed by atoms with Crippen LogP contribution in [0, 0.1) is 27.7 Å². The normalized spacial score (nSPS) is 15.7. The van der Waals surface area contributed by atoms with Crippen LogP contribution in [-0.4, -0.2) is 54.7 Å². The standard InChI is InChI=1S/C23H27N3O3S/c1-15-5-8-22(16(2)13-15)30(28,29)26-11-9-25(10-12-26)23(27)19-6-7-21-20(14-19)17(3)18(4)24-21/h5-8,13-14,24H,9-12H2,1-4H3. The molecule has 0 aliphatic carbocycles. The Morgan fingerprint density at radius 3 is 2.30 bits per heavy atom. The average Bonchev–Trinajstić information content (AvgIpc) is 3.00. The molecule has 1 amide bonds. The molecule has 1 saturated heterocycles. The molecule has 0 unspecified atom stereocenters. The van der Waals surface area contributed by atoms with Crippen LogP contribution in [0.4, 0.5) is 0 Å². The highest BCUT2D eigenvalue weighted by atomic mass is 32.2. The summed E-state index contributed by atoms with van der Waals surface area (Å²) in [4.78, 5) is 18.4. The highest BCUT2D eigenvalue weighted by Crippen LogP contribution is 2.25. The summed E-state index contributed by atoms with van der Waals surface area (Å²) in [5.41, 5.74) is 5.68. The molecule has 4 rings (SSSR count). The minimum Gasteiger partial charge on any atom is -0.358 e. The van der Waals surface area contributed by atoms with Crippen molar-refractivity contribution in [1.29, 1.82) is 0 Å². The number of nitrogens with zero attached hydrogens (tertiary/aromatic N) is 2. The number of benzene rings is 2. The molecule has 1 aliphatic heterocycles. The molecule has 1 fully saturated rings. The summed E-state index contributed by atoms with van der Waals surface area (Å²) in [6.07, 6.45) is 0. The first-order valence-corrected chi connectivity index (χ1v) is 11.6. The van der Waals surface area contributed by atoms with Gasteiger partial charge in [-0.3, -0.25) is 4.79 Å². The Morgan fingerprint density at radius 1 is 0.933 bits per heavy atom. The second-order valence-electron chi connectivity index (χ2n) is 8.10. The van der Waals surface area contributed by atoms with Crippen molar-refractivity contribution in [3.63, 3.8) is 0 Å². The zero-order valence-corrected chi connectivity index (χ0v) is 18.6. The first-order chi connectivity index (χ1) is 14.2. The Balaban J connectivity index is 1.50. The van der Waals surface area contributed by atoms with Gasteiger partial charge in [0.1, 0.15) is 0 Å². The van der Waals surface area contributed by atoms with Crippen molar-refractivity contribution in [2.24, 2.45) is 0 Å². The smallest absolute Gasteiger partial charge is 0.253 e. The number of aryl methyl sites for hydroxylation is 4. The van der Waals surface area contributed by atoms with E-state index >= 15 is 0 Å². The van der Waals surface area contributed by atoms with E-state index in [1.54, 1.807) is 11.0 Å². The molecule has 158 valence electrons. The molecular weight excluding hydrogens is 398 g/mol. The molecule has 1 N–H and O–H groups in total. The molecule has 3 aromatic rings. The van der Waals surface area contributed by atoms with Crippen LogP contribution < -0.4 is 0 Å². The predicted molar refractivity (Wildman–Crippen MR) is 118 cm³/mol. The lowest BCUT2D eigenvalue weighted by molar-refractivity contribution is 0.0698. The van der Waals surface area contributed by atoms with E-state index in [4.69, 9.17) is 0 Å². The predicted octanol–water partition coefficient (Wildman–Crippen LogP) is 3.55. The van der Waals surface area contributed by atoms with E-state index < -0.39 is 10.0 Å². The molecule has 0 spiro atoms. The molecule has 0 saturated carbocycles. The number of hydrogen-bond acceptors (Lipinski definition) is 3. The second kappa shape index (κ2) is 7.56. The Kier molecular flexibility index (Phi) is 5.20. The molecule has 30 heavy (non-hydrogen) atoms. The van der Waals surface area contributed by atoms with Crippen LogP contribution in [0.15, 0.2) is 41.3 Å². The second-order valence-corrected chi connectivity index (χ2v) is 10.0. The third-order valence-electron chi connectivity index (χ3n) is 6.03. The van der Waals surface area contributed by atoms with Gasteiger partial charge in [0.15, 0.2) is 0 Å². The van der Waals surface area contributed by atoms with Crippen LogP contribution in [0.3, 0.4) is 0 Å². The quantitative estimate of drug-likeness (QED) is 0.697. The molecule has 0 atom stereocenters. The van der Waals surface area contributed by atoms with Gasteiger partial charge < -0.3 is 9.88 Å². The summed E-state index contributed by atoms with van der Waals surface area (Å²) < 4.78 is 27.6. The van der Waals surface area contributed by atoms with E-state index in [1.165, 1.54) is 4.31 Å². The number of carbonyl (C=O) groups excluding carboxylic acids is 1. The Bertz CT molecular complexity index is 1240. The van der Waals surface area contributed by atoms with Crippen molar-refractivity contribution in [1.82, 2.24) is 14.2 Å². The van der Waals surface area contributed by atoms with E-state index in [1.807, 2.05) is 58.0 Å². The van der Waals surface area contributed by atoms with Crippen molar-refractivity contribution < 1.29 is 13.2 Å². The number of aromatic nitrogens is 1. The van der Waals surface area contributed by atoms with E-state index in [2.05, 4.69) is 4.98 Å². The fourth-order valence-corrected chi connectivity index (χ4v) is 5.76. The van der Waals surface area contributed by atoms with Crippen LogP contribution in [0.1, 0.15) is 32.7 Å². The number of amides is 1. The summed E-state index contributed by atoms with van der Waals surface area (Å²) >= 11 is 0. The highest BCUT2D eigenvalue weighted by molar-refractivity contribution is 7.89. The lowest BCUT2D eigenvalue weighted by Crippen LogP contribution is -2.50. The first kappa shape index (κ1) is 20.6. The number of aromatic amines is 1. The number of rotatable bonds is 3. The van der Waals surface area contributed by atoms with Gasteiger partial charge in [-0.2, -0.15) is 4.31 Å². The van der Waals surface area contributed by atoms with Gasteiger partial charge in [0.2, 0.25) is 10.0 Å². The van der Waals surface area contributed by atoms with Gasteiger partial charge in [-0.1, -0.05) is 17.7 Å². The van der Waals surface area contributed by atoms with Crippen LogP contribution in [-0.2, 0) is 10.0 Å². The number of fused-ring (bicyclic) bond motifs is 1. The van der Waals surface area contributed by atoms with E-state index in [9.17, 15) is 13.2 Å². The van der Waals surface area contributed by atoms with Gasteiger partial charge in [0.25, 0.3) is 5.91 Å². The van der Waals surface area contributed by atoms with E-state index in [0.717, 1.165) is 33.3 Å². The third-order valence-corrected chi connectivity index (χ3v) is 8.09. The molecule has 7 heteroatoms. The summed E-state index contributed by atoms with van der Waals surface area (Å²) in [6.45, 7) is 9.18. The number of nitrogens with one attached hydrogen (secondary N) is 1. The third kappa shape index (κ3) is 3.52. The maximum Gasteiger partial charge on any atom is 0.253 e. The molecular formula is C23H27N3O3S. The highest BCUT2D eigenvalue weighted by Gasteiger charge is 2.31. The minimum atomic E-state index is -3.56. The van der Waals surface area contributed by atoms with Crippen LogP contribution >= 0.6 is 0 Å². The summed E-state index contributed by atoms with van der Waals surface area (Å²) in [5.74, 6) is -0.0567. The van der Waals surface area contributed by atoms with Crippen molar-refractivity contribution in [2.75, 3.05) is 26.2 Å². The molecule has 1 aliphatic rings. The maximum atomic E-state index is 13.1. The number of sulfonamides is 1. The lowest BCUT2D eigenvalue weighted by atomic mass is 10.1. The van der Waals surface area contributed by atoms with Gasteiger partial charge in [-0.25, -0.2) is 8.42 Å². The van der Waals surface area contributed by atoms with Crippen molar-refractivity contribution >= 4 is 26.8 Å². The Morgan fingerprint density at radius 2 is 1.63 bits per heavy atom. The lowest BCUT2D eigenvalue weighted by Gasteiger charge is -2.34. The van der Waals surface area contributed by atoms with Crippen LogP contribution in [0.25, 0.3) is 10.9 Å². The van der Waals surface area contributed by atoms with E-state index in [0.29, 0.717) is 36.6 Å². The van der Waals surface area contributed by atoms with Crippen LogP contribution in [0.2, 0.25) is 0 Å². The van der Waals surface area contributed by atoms with Crippen molar-refractivity contribution in [3.8, 4) is 0 Å². The van der Waals surface area contributed by atoms with Gasteiger partial charge in [-0.15, -0.1) is 0 Å². The first-order valence-electron chi connectivity index (χ1n) is 10.1. The average molecular weight is 426 g/mol. The van der Waals surface area contributed by atoms with Gasteiger partial charge >= 0.3 is 0 Å². The number of H-pyrrole nitrogens is 1. The van der Waals surface area contributed by atoms with Crippen LogP contribution in [0.5, 0.6) is 0 Å². The van der Waals surface area contributed by atoms with Gasteiger partial charge in [0, 0.05) is 48.3 Å². The number of hydrogen-bond donors (Lipinski definition) is 1. The van der Waals surface area contributed by atoms with Crippen molar-refractivity contribution in [3.05, 3.63) is 64.3 Å². The number of carbonyl (C=O) groups is 1. The fraction of sp³-hybridized carbons (Fsp3) is 0.348. The summed E-state index contributed by atoms with van der Waals surface area (Å²) in [6, 6.07) is 11.1. The molecule has 6 nitrogen and oxygen atoms in total. The maximum absolute atomic E-state index is 13.1. The summed E-state index contributed by atoms with van der Waals surface area (Å²) in [5, 5.41) is 1.05. The molecule has 2 heterocycles. The Hall–Kier alpha value is -2.64. The molecule has 0 bridgehead atoms. The monoisotopic (exact) mass is 425 g/mol. The molecule has 1 aromatic heterocycles. The van der Waals surface area contributed by atoms with Gasteiger partial charge in [0.05, 0.1) is 4.90 Å². The zero-order chi connectivity index (χ0) is 21.6. The topological polar surface area (TPSA) is 73.5 Å². The molecule has 0 radical (unpaired) electrons. The molecule has 2 aromatic carbocycles. The SMILES string of the molecule is Cc1ccc(S(=O)(=O)N2CCN(C(=O)c3ccc4[nH]c(C)c(C)c4c3)CC2)c(C)c1. The van der Waals surface area contributed by atoms with Gasteiger partial charge in [-0.05, 0) is 63.1 Å². The minimum absolute atomic E-state index is 0.0567. The largest absolute Gasteiger partial charge is 0.358 e. The number of piperazine rings is 1. The summed E-state index contributed by atoms with van der Waals surface area (Å²) in [7, 11) is -3.56. The van der Waals surface area contributed by atoms with Crippen molar-refractivity contribution in [2.45, 2.75) is 32.6 Å². The zero-order valence-electron chi connectivity index (χ0n) is 17.8. The Labute approximate surface area is 177 Å². The fourth-order valence-electron chi connectivity index (χ4n) is 4.14. The van der Waals surface area contributed by atoms with E-state index in [-0.39, 0.29) is 5.91 Å².